The zero-order valence-electron chi connectivity index (χ0n) is 11.2. The predicted molar refractivity (Wildman–Crippen MR) is 75.4 cm³/mol. The molecule has 2 heterocycles. The number of hydrogen-bond donors (Lipinski definition) is 0. The van der Waals surface area contributed by atoms with Crippen LogP contribution in [-0.2, 0) is 4.74 Å². The van der Waals surface area contributed by atoms with Gasteiger partial charge in [-0.15, -0.1) is 0 Å². The van der Waals surface area contributed by atoms with E-state index >= 15 is 0 Å². The first-order valence-electron chi connectivity index (χ1n) is 6.80. The van der Waals surface area contributed by atoms with Crippen molar-refractivity contribution in [2.75, 3.05) is 24.6 Å². The van der Waals surface area contributed by atoms with Crippen molar-refractivity contribution in [3.63, 3.8) is 0 Å². The van der Waals surface area contributed by atoms with Crippen molar-refractivity contribution in [3.8, 4) is 0 Å². The van der Waals surface area contributed by atoms with Crippen LogP contribution in [0.15, 0.2) is 31.0 Å². The molecule has 0 aliphatic carbocycles. The normalized spacial score (nSPS) is 15.7. The lowest BCUT2D eigenvalue weighted by atomic mass is 10.2. The summed E-state index contributed by atoms with van der Waals surface area (Å²) in [5.41, 5.74) is 0.487. The van der Waals surface area contributed by atoms with Crippen LogP contribution in [0, 0.1) is 0 Å². The molecule has 0 aromatic carbocycles. The van der Waals surface area contributed by atoms with Crippen LogP contribution in [0.1, 0.15) is 36.0 Å². The van der Waals surface area contributed by atoms with Gasteiger partial charge in [0.25, 0.3) is 0 Å². The molecule has 2 rings (SSSR count). The quantitative estimate of drug-likeness (QED) is 0.616. The minimum atomic E-state index is -0.352. The zero-order valence-corrected chi connectivity index (χ0v) is 11.2. The Hall–Kier alpha value is -1.84. The van der Waals surface area contributed by atoms with E-state index in [2.05, 4.69) is 16.5 Å². The Morgan fingerprint density at radius 1 is 1.32 bits per heavy atom. The van der Waals surface area contributed by atoms with Gasteiger partial charge < -0.3 is 9.64 Å². The molecule has 0 amide bonds. The lowest BCUT2D eigenvalue weighted by Crippen LogP contribution is -2.24. The van der Waals surface area contributed by atoms with Crippen LogP contribution in [0.25, 0.3) is 0 Å². The predicted octanol–water partition coefficient (Wildman–Crippen LogP) is 2.80. The van der Waals surface area contributed by atoms with Crippen LogP contribution in [0.4, 0.5) is 5.82 Å². The summed E-state index contributed by atoms with van der Waals surface area (Å²) in [5, 5.41) is 0. The van der Waals surface area contributed by atoms with E-state index in [1.807, 2.05) is 6.07 Å². The number of carbonyl (C=O) groups excluding carboxylic acids is 1. The van der Waals surface area contributed by atoms with Crippen molar-refractivity contribution < 1.29 is 9.53 Å². The van der Waals surface area contributed by atoms with E-state index in [0.29, 0.717) is 5.56 Å². The van der Waals surface area contributed by atoms with Crippen LogP contribution >= 0.6 is 0 Å². The van der Waals surface area contributed by atoms with Gasteiger partial charge in [0.15, 0.2) is 0 Å². The minimum absolute atomic E-state index is 0.229. The molecule has 0 radical (unpaired) electrons. The molecular weight excluding hydrogens is 240 g/mol. The van der Waals surface area contributed by atoms with Crippen molar-refractivity contribution in [1.82, 2.24) is 4.98 Å². The fourth-order valence-electron chi connectivity index (χ4n) is 2.21. The number of pyridine rings is 1. The molecule has 0 spiro atoms. The summed E-state index contributed by atoms with van der Waals surface area (Å²) in [7, 11) is 0. The first-order valence-corrected chi connectivity index (χ1v) is 6.80. The fourth-order valence-corrected chi connectivity index (χ4v) is 2.21. The summed E-state index contributed by atoms with van der Waals surface area (Å²) in [5.74, 6) is 0.594. The molecule has 1 aromatic heterocycles. The minimum Gasteiger partial charge on any atom is -0.458 e. The van der Waals surface area contributed by atoms with Gasteiger partial charge in [0.05, 0.1) is 5.56 Å². The third-order valence-corrected chi connectivity index (χ3v) is 3.25. The zero-order chi connectivity index (χ0) is 13.5. The van der Waals surface area contributed by atoms with Crippen molar-refractivity contribution >= 4 is 11.8 Å². The molecule has 102 valence electrons. The number of esters is 1. The van der Waals surface area contributed by atoms with Crippen LogP contribution < -0.4 is 4.90 Å². The standard InChI is InChI=1S/C15H20N2O2/c1-2-11-19-15(18)13-7-8-14(16-12-13)17-9-5-3-4-6-10-17/h2,7-8,12H,1,3-6,9-11H2. The number of hydrogen-bond acceptors (Lipinski definition) is 4. The van der Waals surface area contributed by atoms with Crippen LogP contribution in [0.3, 0.4) is 0 Å². The molecule has 4 heteroatoms. The number of carbonyl (C=O) groups is 1. The van der Waals surface area contributed by atoms with E-state index in [4.69, 9.17) is 4.74 Å². The van der Waals surface area contributed by atoms with Gasteiger partial charge in [-0.2, -0.15) is 0 Å². The molecule has 0 unspecified atom stereocenters. The van der Waals surface area contributed by atoms with Gasteiger partial charge in [-0.05, 0) is 25.0 Å². The van der Waals surface area contributed by atoms with E-state index in [1.54, 1.807) is 18.3 Å². The smallest absolute Gasteiger partial charge is 0.340 e. The van der Waals surface area contributed by atoms with Crippen molar-refractivity contribution in [1.29, 1.82) is 0 Å². The van der Waals surface area contributed by atoms with Crippen LogP contribution in [0.5, 0.6) is 0 Å². The number of anilines is 1. The molecular formula is C15H20N2O2. The van der Waals surface area contributed by atoms with E-state index in [0.717, 1.165) is 18.9 Å². The number of rotatable bonds is 4. The lowest BCUT2D eigenvalue weighted by Gasteiger charge is -2.21. The molecule has 1 aliphatic heterocycles. The van der Waals surface area contributed by atoms with Gasteiger partial charge in [0.2, 0.25) is 0 Å². The third-order valence-electron chi connectivity index (χ3n) is 3.25. The summed E-state index contributed by atoms with van der Waals surface area (Å²) in [4.78, 5) is 18.3. The monoisotopic (exact) mass is 260 g/mol. The number of nitrogens with zero attached hydrogens (tertiary/aromatic N) is 2. The van der Waals surface area contributed by atoms with E-state index in [9.17, 15) is 4.79 Å². The van der Waals surface area contributed by atoms with Crippen molar-refractivity contribution in [3.05, 3.63) is 36.5 Å². The van der Waals surface area contributed by atoms with Gasteiger partial charge in [-0.1, -0.05) is 25.5 Å². The fraction of sp³-hybridized carbons (Fsp3) is 0.467. The summed E-state index contributed by atoms with van der Waals surface area (Å²) in [6, 6.07) is 3.68. The Kier molecular flexibility index (Phi) is 4.95. The molecule has 0 atom stereocenters. The van der Waals surface area contributed by atoms with Gasteiger partial charge in [0, 0.05) is 19.3 Å². The van der Waals surface area contributed by atoms with E-state index < -0.39 is 0 Å². The van der Waals surface area contributed by atoms with Gasteiger partial charge >= 0.3 is 5.97 Å². The molecule has 19 heavy (non-hydrogen) atoms. The number of aromatic nitrogens is 1. The van der Waals surface area contributed by atoms with Gasteiger partial charge in [-0.25, -0.2) is 9.78 Å². The maximum absolute atomic E-state index is 11.6. The van der Waals surface area contributed by atoms with Gasteiger partial charge in [0.1, 0.15) is 12.4 Å². The van der Waals surface area contributed by atoms with Gasteiger partial charge in [-0.3, -0.25) is 0 Å². The summed E-state index contributed by atoms with van der Waals surface area (Å²) >= 11 is 0. The van der Waals surface area contributed by atoms with Crippen LogP contribution in [0.2, 0.25) is 0 Å². The summed E-state index contributed by atoms with van der Waals surface area (Å²) < 4.78 is 4.97. The first-order chi connectivity index (χ1) is 9.31. The molecule has 1 aliphatic rings. The third kappa shape index (κ3) is 3.81. The first kappa shape index (κ1) is 13.6. The second kappa shape index (κ2) is 6.92. The van der Waals surface area contributed by atoms with E-state index in [1.165, 1.54) is 25.7 Å². The lowest BCUT2D eigenvalue weighted by molar-refractivity contribution is 0.0549. The van der Waals surface area contributed by atoms with Crippen LogP contribution in [-0.4, -0.2) is 30.6 Å². The maximum atomic E-state index is 11.6. The summed E-state index contributed by atoms with van der Waals surface area (Å²) in [6.07, 6.45) is 8.16. The Labute approximate surface area is 114 Å². The molecule has 0 N–H and O–H groups in total. The van der Waals surface area contributed by atoms with Crippen molar-refractivity contribution in [2.45, 2.75) is 25.7 Å². The SMILES string of the molecule is C=CCOC(=O)c1ccc(N2CCCCCC2)nc1. The molecule has 4 nitrogen and oxygen atoms in total. The highest BCUT2D eigenvalue weighted by atomic mass is 16.5. The molecule has 0 saturated carbocycles. The second-order valence-corrected chi connectivity index (χ2v) is 4.69. The Balaban J connectivity index is 2.00. The maximum Gasteiger partial charge on any atom is 0.340 e. The molecule has 0 bridgehead atoms. The Bertz CT molecular complexity index is 420. The topological polar surface area (TPSA) is 42.4 Å². The highest BCUT2D eigenvalue weighted by molar-refractivity contribution is 5.89. The highest BCUT2D eigenvalue weighted by Gasteiger charge is 2.12. The molecule has 1 saturated heterocycles. The Morgan fingerprint density at radius 3 is 2.63 bits per heavy atom. The average molecular weight is 260 g/mol. The molecule has 1 fully saturated rings. The molecule has 1 aromatic rings. The Morgan fingerprint density at radius 2 is 2.05 bits per heavy atom. The van der Waals surface area contributed by atoms with Crippen molar-refractivity contribution in [2.24, 2.45) is 0 Å². The largest absolute Gasteiger partial charge is 0.458 e. The average Bonchev–Trinajstić information content (AvgIpc) is 2.74. The number of ether oxygens (including phenoxy) is 1. The summed E-state index contributed by atoms with van der Waals surface area (Å²) in [6.45, 7) is 5.84. The van der Waals surface area contributed by atoms with E-state index in [-0.39, 0.29) is 12.6 Å². The highest BCUT2D eigenvalue weighted by Crippen LogP contribution is 2.17. The second-order valence-electron chi connectivity index (χ2n) is 4.69.